The van der Waals surface area contributed by atoms with Crippen LogP contribution in [0.4, 0.5) is 10.5 Å². The average Bonchev–Trinajstić information content (AvgIpc) is 2.61. The van der Waals surface area contributed by atoms with Gasteiger partial charge < -0.3 is 15.0 Å². The van der Waals surface area contributed by atoms with Gasteiger partial charge in [-0.1, -0.05) is 12.1 Å². The summed E-state index contributed by atoms with van der Waals surface area (Å²) < 4.78 is 5.71. The number of nitrogens with zero attached hydrogens (tertiary/aromatic N) is 2. The topological polar surface area (TPSA) is 73.9 Å². The van der Waals surface area contributed by atoms with Gasteiger partial charge in [0.05, 0.1) is 18.3 Å². The second-order valence-electron chi connectivity index (χ2n) is 6.72. The van der Waals surface area contributed by atoms with Gasteiger partial charge in [-0.15, -0.1) is 0 Å². The Balaban J connectivity index is 1.89. The Labute approximate surface area is 155 Å². The molecule has 7 nitrogen and oxygen atoms in total. The van der Waals surface area contributed by atoms with E-state index in [-0.39, 0.29) is 18.0 Å². The van der Waals surface area contributed by atoms with Gasteiger partial charge in [-0.2, -0.15) is 0 Å². The Bertz CT molecular complexity index is 613. The lowest BCUT2D eigenvalue weighted by Crippen LogP contribution is -2.55. The number of piperazine rings is 1. The maximum Gasteiger partial charge on any atom is 0.321 e. The maximum absolute atomic E-state index is 12.3. The highest BCUT2D eigenvalue weighted by Crippen LogP contribution is 2.29. The van der Waals surface area contributed by atoms with Crippen LogP contribution in [0.15, 0.2) is 24.3 Å². The van der Waals surface area contributed by atoms with E-state index in [1.54, 1.807) is 0 Å². The molecule has 26 heavy (non-hydrogen) atoms. The number of nitrogens with one attached hydrogen (secondary N) is 2. The molecule has 0 aromatic heterocycles. The summed E-state index contributed by atoms with van der Waals surface area (Å²) in [5, 5.41) is 5.08. The van der Waals surface area contributed by atoms with E-state index in [9.17, 15) is 9.59 Å². The van der Waals surface area contributed by atoms with Crippen molar-refractivity contribution in [2.75, 3.05) is 37.7 Å². The number of hydrogen-bond acceptors (Lipinski definition) is 5. The normalized spacial score (nSPS) is 16.3. The zero-order chi connectivity index (χ0) is 19.1. The van der Waals surface area contributed by atoms with E-state index in [4.69, 9.17) is 4.74 Å². The van der Waals surface area contributed by atoms with E-state index in [1.807, 2.05) is 45.9 Å². The van der Waals surface area contributed by atoms with Gasteiger partial charge in [0.2, 0.25) is 5.91 Å². The molecule has 0 spiro atoms. The Hall–Kier alpha value is -2.28. The Morgan fingerprint density at radius 3 is 2.38 bits per heavy atom. The van der Waals surface area contributed by atoms with Crippen molar-refractivity contribution in [3.63, 3.8) is 0 Å². The van der Waals surface area contributed by atoms with Gasteiger partial charge in [-0.05, 0) is 39.8 Å². The van der Waals surface area contributed by atoms with Crippen molar-refractivity contribution in [2.45, 2.75) is 39.8 Å². The minimum Gasteiger partial charge on any atom is -0.492 e. The van der Waals surface area contributed by atoms with E-state index in [0.29, 0.717) is 6.61 Å². The summed E-state index contributed by atoms with van der Waals surface area (Å²) in [6.07, 6.45) is 0. The van der Waals surface area contributed by atoms with Gasteiger partial charge in [0.15, 0.2) is 0 Å². The quantitative estimate of drug-likeness (QED) is 0.808. The molecule has 0 unspecified atom stereocenters. The van der Waals surface area contributed by atoms with Crippen LogP contribution in [0.5, 0.6) is 5.75 Å². The van der Waals surface area contributed by atoms with Crippen molar-refractivity contribution in [2.24, 2.45) is 0 Å². The molecule has 1 aliphatic rings. The van der Waals surface area contributed by atoms with Crippen LogP contribution in [0.25, 0.3) is 0 Å². The van der Waals surface area contributed by atoms with E-state index in [2.05, 4.69) is 26.5 Å². The number of anilines is 1. The molecular formula is C19H30N4O3. The number of rotatable bonds is 6. The molecule has 1 aromatic carbocycles. The number of ether oxygens (including phenoxy) is 1. The summed E-state index contributed by atoms with van der Waals surface area (Å²) in [5.41, 5.74) is 1.09. The molecule has 1 fully saturated rings. The lowest BCUT2D eigenvalue weighted by Gasteiger charge is -2.38. The summed E-state index contributed by atoms with van der Waals surface area (Å²) >= 11 is 0. The van der Waals surface area contributed by atoms with E-state index in [0.717, 1.165) is 37.6 Å². The summed E-state index contributed by atoms with van der Waals surface area (Å²) in [6, 6.07) is 7.22. The molecule has 2 N–H and O–H groups in total. The lowest BCUT2D eigenvalue weighted by molar-refractivity contribution is -0.124. The van der Waals surface area contributed by atoms with Gasteiger partial charge in [0, 0.05) is 32.2 Å². The van der Waals surface area contributed by atoms with E-state index < -0.39 is 6.03 Å². The van der Waals surface area contributed by atoms with Crippen LogP contribution in [0.3, 0.4) is 0 Å². The highest BCUT2D eigenvalue weighted by molar-refractivity contribution is 5.96. The SMILES string of the molecule is CCOc1ccccc1N1CCN([C@H](C)C(=O)NC(=O)NC(C)C)CC1. The molecule has 7 heteroatoms. The van der Waals surface area contributed by atoms with Gasteiger partial charge in [-0.3, -0.25) is 15.0 Å². The standard InChI is InChI=1S/C19H30N4O3/c1-5-26-17-9-7-6-8-16(17)23-12-10-22(11-13-23)15(4)18(24)21-19(25)20-14(2)3/h6-9,14-15H,5,10-13H2,1-4H3,(H2,20,21,24,25)/t15-/m1/s1. The van der Waals surface area contributed by atoms with Crippen molar-refractivity contribution >= 4 is 17.6 Å². The molecular weight excluding hydrogens is 332 g/mol. The van der Waals surface area contributed by atoms with Gasteiger partial charge >= 0.3 is 6.03 Å². The molecule has 0 radical (unpaired) electrons. The van der Waals surface area contributed by atoms with Crippen LogP contribution < -0.4 is 20.3 Å². The third-order valence-corrected chi connectivity index (χ3v) is 4.40. The first kappa shape index (κ1) is 20.0. The fraction of sp³-hybridized carbons (Fsp3) is 0.579. The number of para-hydroxylation sites is 2. The molecule has 1 heterocycles. The third-order valence-electron chi connectivity index (χ3n) is 4.40. The first-order valence-corrected chi connectivity index (χ1v) is 9.24. The van der Waals surface area contributed by atoms with Crippen LogP contribution >= 0.6 is 0 Å². The smallest absolute Gasteiger partial charge is 0.321 e. The predicted molar refractivity (Wildman–Crippen MR) is 103 cm³/mol. The Morgan fingerprint density at radius 1 is 1.12 bits per heavy atom. The molecule has 1 atom stereocenters. The highest BCUT2D eigenvalue weighted by Gasteiger charge is 2.27. The van der Waals surface area contributed by atoms with E-state index in [1.165, 1.54) is 0 Å². The minimum absolute atomic E-state index is 0.00735. The van der Waals surface area contributed by atoms with Crippen LogP contribution in [0, 0.1) is 0 Å². The number of carbonyl (C=O) groups is 2. The molecule has 0 bridgehead atoms. The monoisotopic (exact) mass is 362 g/mol. The molecule has 0 aliphatic carbocycles. The van der Waals surface area contributed by atoms with Gasteiger partial charge in [-0.25, -0.2) is 4.79 Å². The summed E-state index contributed by atoms with van der Waals surface area (Å²) in [6.45, 7) is 11.3. The average molecular weight is 362 g/mol. The maximum atomic E-state index is 12.3. The molecule has 1 saturated heterocycles. The minimum atomic E-state index is -0.443. The summed E-state index contributed by atoms with van der Waals surface area (Å²) in [4.78, 5) is 28.4. The van der Waals surface area contributed by atoms with Crippen molar-refractivity contribution in [1.82, 2.24) is 15.5 Å². The molecule has 1 aliphatic heterocycles. The van der Waals surface area contributed by atoms with Crippen LogP contribution in [-0.4, -0.2) is 61.7 Å². The van der Waals surface area contributed by atoms with Crippen LogP contribution in [0.1, 0.15) is 27.7 Å². The molecule has 0 saturated carbocycles. The van der Waals surface area contributed by atoms with Crippen molar-refractivity contribution in [3.8, 4) is 5.75 Å². The summed E-state index contributed by atoms with van der Waals surface area (Å²) in [7, 11) is 0. The van der Waals surface area contributed by atoms with Gasteiger partial charge in [0.1, 0.15) is 5.75 Å². The zero-order valence-corrected chi connectivity index (χ0v) is 16.1. The molecule has 3 amide bonds. The molecule has 1 aromatic rings. The van der Waals surface area contributed by atoms with Crippen LogP contribution in [-0.2, 0) is 4.79 Å². The fourth-order valence-corrected chi connectivity index (χ4v) is 3.03. The Kier molecular flexibility index (Phi) is 7.26. The molecule has 144 valence electrons. The second-order valence-corrected chi connectivity index (χ2v) is 6.72. The van der Waals surface area contributed by atoms with Gasteiger partial charge in [0.25, 0.3) is 0 Å². The van der Waals surface area contributed by atoms with Crippen molar-refractivity contribution < 1.29 is 14.3 Å². The lowest BCUT2D eigenvalue weighted by atomic mass is 10.2. The fourth-order valence-electron chi connectivity index (χ4n) is 3.03. The number of imide groups is 1. The number of benzene rings is 1. The first-order valence-electron chi connectivity index (χ1n) is 9.24. The Morgan fingerprint density at radius 2 is 1.77 bits per heavy atom. The van der Waals surface area contributed by atoms with Crippen molar-refractivity contribution in [3.05, 3.63) is 24.3 Å². The predicted octanol–water partition coefficient (Wildman–Crippen LogP) is 1.83. The summed E-state index contributed by atoms with van der Waals surface area (Å²) in [5.74, 6) is 0.617. The van der Waals surface area contributed by atoms with Crippen LogP contribution in [0.2, 0.25) is 0 Å². The number of amides is 3. The largest absolute Gasteiger partial charge is 0.492 e. The number of urea groups is 1. The van der Waals surface area contributed by atoms with Crippen molar-refractivity contribution in [1.29, 1.82) is 0 Å². The first-order chi connectivity index (χ1) is 12.4. The second kappa shape index (κ2) is 9.43. The number of carbonyl (C=O) groups excluding carboxylic acids is 2. The van der Waals surface area contributed by atoms with E-state index >= 15 is 0 Å². The third kappa shape index (κ3) is 5.36. The molecule has 2 rings (SSSR count). The highest BCUT2D eigenvalue weighted by atomic mass is 16.5. The zero-order valence-electron chi connectivity index (χ0n) is 16.1. The number of hydrogen-bond donors (Lipinski definition) is 2.